The second-order valence-corrected chi connectivity index (χ2v) is 4.31. The molecule has 1 atom stereocenters. The van der Waals surface area contributed by atoms with E-state index in [0.717, 1.165) is 18.5 Å². The van der Waals surface area contributed by atoms with E-state index in [-0.39, 0.29) is 0 Å². The van der Waals surface area contributed by atoms with Crippen molar-refractivity contribution in [3.63, 3.8) is 0 Å². The van der Waals surface area contributed by atoms with Crippen molar-refractivity contribution in [3.8, 4) is 0 Å². The summed E-state index contributed by atoms with van der Waals surface area (Å²) in [5.74, 6) is 0.608. The highest BCUT2D eigenvalue weighted by atomic mass is 35.5. The second kappa shape index (κ2) is 5.40. The fraction of sp³-hybridized carbons (Fsp3) is 0.727. The molecule has 86 valence electrons. The molecule has 0 aliphatic rings. The average Bonchev–Trinajstić information content (AvgIpc) is 2.48. The molecule has 0 radical (unpaired) electrons. The zero-order valence-electron chi connectivity index (χ0n) is 9.76. The summed E-state index contributed by atoms with van der Waals surface area (Å²) >= 11 is 6.03. The maximum atomic E-state index is 6.03. The first-order valence-electron chi connectivity index (χ1n) is 5.61. The van der Waals surface area contributed by atoms with Crippen LogP contribution in [-0.2, 0) is 0 Å². The Morgan fingerprint density at radius 3 is 2.53 bits per heavy atom. The molecule has 0 saturated heterocycles. The van der Waals surface area contributed by atoms with Crippen molar-refractivity contribution in [1.29, 1.82) is 0 Å². The zero-order chi connectivity index (χ0) is 11.4. The molecule has 3 nitrogen and oxygen atoms in total. The fourth-order valence-electron chi connectivity index (χ4n) is 1.76. The number of halogens is 1. The summed E-state index contributed by atoms with van der Waals surface area (Å²) in [6.45, 7) is 6.24. The summed E-state index contributed by atoms with van der Waals surface area (Å²) in [6, 6.07) is 0.385. The van der Waals surface area contributed by atoms with E-state index >= 15 is 0 Å². The van der Waals surface area contributed by atoms with Gasteiger partial charge in [0.2, 0.25) is 0 Å². The van der Waals surface area contributed by atoms with E-state index in [9.17, 15) is 0 Å². The van der Waals surface area contributed by atoms with Crippen LogP contribution >= 0.6 is 11.6 Å². The molecule has 1 aromatic heterocycles. The molecule has 1 heterocycles. The molecule has 2 N–H and O–H groups in total. The van der Waals surface area contributed by atoms with E-state index in [1.807, 2.05) is 11.6 Å². The molecule has 0 saturated carbocycles. The number of nitrogens with zero attached hydrogens (tertiary/aromatic N) is 2. The Morgan fingerprint density at radius 2 is 2.13 bits per heavy atom. The summed E-state index contributed by atoms with van der Waals surface area (Å²) < 4.78 is 1.88. The second-order valence-electron chi connectivity index (χ2n) is 3.93. The van der Waals surface area contributed by atoms with Crippen molar-refractivity contribution in [1.82, 2.24) is 9.78 Å². The number of hydrogen-bond donors (Lipinski definition) is 1. The molecule has 0 spiro atoms. The van der Waals surface area contributed by atoms with Crippen LogP contribution in [0.25, 0.3) is 0 Å². The highest BCUT2D eigenvalue weighted by Crippen LogP contribution is 2.28. The molecule has 0 bridgehead atoms. The van der Waals surface area contributed by atoms with E-state index < -0.39 is 0 Å². The van der Waals surface area contributed by atoms with Gasteiger partial charge in [-0.25, -0.2) is 4.68 Å². The predicted octanol–water partition coefficient (Wildman–Crippen LogP) is 3.57. The van der Waals surface area contributed by atoms with Gasteiger partial charge in [-0.2, -0.15) is 5.10 Å². The van der Waals surface area contributed by atoms with Gasteiger partial charge in [0.1, 0.15) is 10.8 Å². The lowest BCUT2D eigenvalue weighted by Gasteiger charge is -2.16. The summed E-state index contributed by atoms with van der Waals surface area (Å²) in [7, 11) is 0. The molecule has 4 heteroatoms. The number of hydrogen-bond acceptors (Lipinski definition) is 2. The van der Waals surface area contributed by atoms with E-state index in [1.165, 1.54) is 12.8 Å². The highest BCUT2D eigenvalue weighted by molar-refractivity contribution is 6.33. The Labute approximate surface area is 96.6 Å². The SMILES string of the molecule is CCCCC(CC)n1nc(C)c(Cl)c1N. The van der Waals surface area contributed by atoms with Crippen molar-refractivity contribution < 1.29 is 0 Å². The molecule has 0 aliphatic heterocycles. The molecule has 1 aromatic rings. The van der Waals surface area contributed by atoms with Gasteiger partial charge >= 0.3 is 0 Å². The Kier molecular flexibility index (Phi) is 4.45. The van der Waals surface area contributed by atoms with Gasteiger partial charge in [0.05, 0.1) is 11.7 Å². The van der Waals surface area contributed by atoms with Gasteiger partial charge in [0, 0.05) is 0 Å². The number of aromatic nitrogens is 2. The molecule has 1 unspecified atom stereocenters. The fourth-order valence-corrected chi connectivity index (χ4v) is 1.89. The lowest BCUT2D eigenvalue weighted by atomic mass is 10.1. The third kappa shape index (κ3) is 2.65. The Hall–Kier alpha value is -0.700. The van der Waals surface area contributed by atoms with Gasteiger partial charge in [-0.05, 0) is 19.8 Å². The van der Waals surface area contributed by atoms with Crippen LogP contribution in [0.3, 0.4) is 0 Å². The molecule has 1 rings (SSSR count). The number of anilines is 1. The van der Waals surface area contributed by atoms with E-state index in [4.69, 9.17) is 17.3 Å². The maximum absolute atomic E-state index is 6.03. The normalized spacial score (nSPS) is 13.1. The zero-order valence-corrected chi connectivity index (χ0v) is 10.5. The van der Waals surface area contributed by atoms with Crippen molar-refractivity contribution in [3.05, 3.63) is 10.7 Å². The molecule has 15 heavy (non-hydrogen) atoms. The Morgan fingerprint density at radius 1 is 1.47 bits per heavy atom. The van der Waals surface area contributed by atoms with Crippen molar-refractivity contribution in [2.45, 2.75) is 52.5 Å². The first kappa shape index (κ1) is 12.4. The lowest BCUT2D eigenvalue weighted by molar-refractivity contribution is 0.404. The van der Waals surface area contributed by atoms with E-state index in [1.54, 1.807) is 0 Å². The van der Waals surface area contributed by atoms with Gasteiger partial charge < -0.3 is 5.73 Å². The quantitative estimate of drug-likeness (QED) is 0.839. The van der Waals surface area contributed by atoms with Crippen molar-refractivity contribution in [2.75, 3.05) is 5.73 Å². The van der Waals surface area contributed by atoms with Crippen LogP contribution in [0.5, 0.6) is 0 Å². The van der Waals surface area contributed by atoms with Crippen molar-refractivity contribution in [2.24, 2.45) is 0 Å². The monoisotopic (exact) mass is 229 g/mol. The van der Waals surface area contributed by atoms with Crippen LogP contribution in [0.4, 0.5) is 5.82 Å². The number of nitrogen functional groups attached to an aromatic ring is 1. The van der Waals surface area contributed by atoms with Crippen LogP contribution in [0, 0.1) is 6.92 Å². The average molecular weight is 230 g/mol. The standard InChI is InChI=1S/C11H20ClN3/c1-4-6-7-9(5-2)15-11(13)10(12)8(3)14-15/h9H,4-7,13H2,1-3H3. The number of aryl methyl sites for hydroxylation is 1. The Balaban J connectivity index is 2.86. The van der Waals surface area contributed by atoms with Crippen LogP contribution in [-0.4, -0.2) is 9.78 Å². The lowest BCUT2D eigenvalue weighted by Crippen LogP contribution is -2.12. The smallest absolute Gasteiger partial charge is 0.141 e. The third-order valence-electron chi connectivity index (χ3n) is 2.76. The minimum Gasteiger partial charge on any atom is -0.383 e. The summed E-state index contributed by atoms with van der Waals surface area (Å²) in [4.78, 5) is 0. The van der Waals surface area contributed by atoms with Gasteiger partial charge in [-0.3, -0.25) is 0 Å². The summed E-state index contributed by atoms with van der Waals surface area (Å²) in [6.07, 6.45) is 4.56. The van der Waals surface area contributed by atoms with Crippen LogP contribution in [0.2, 0.25) is 5.02 Å². The first-order valence-corrected chi connectivity index (χ1v) is 5.99. The molecule has 0 fully saturated rings. The summed E-state index contributed by atoms with van der Waals surface area (Å²) in [5.41, 5.74) is 6.74. The highest BCUT2D eigenvalue weighted by Gasteiger charge is 2.16. The van der Waals surface area contributed by atoms with Crippen LogP contribution in [0.15, 0.2) is 0 Å². The van der Waals surface area contributed by atoms with Crippen molar-refractivity contribution >= 4 is 17.4 Å². The third-order valence-corrected chi connectivity index (χ3v) is 3.22. The molecular formula is C11H20ClN3. The number of unbranched alkanes of at least 4 members (excludes halogenated alkanes) is 1. The predicted molar refractivity (Wildman–Crippen MR) is 65.2 cm³/mol. The van der Waals surface area contributed by atoms with Crippen LogP contribution < -0.4 is 5.73 Å². The number of nitrogens with two attached hydrogens (primary N) is 1. The number of rotatable bonds is 5. The van der Waals surface area contributed by atoms with Gasteiger partial charge in [-0.1, -0.05) is 38.3 Å². The minimum atomic E-state index is 0.385. The van der Waals surface area contributed by atoms with E-state index in [0.29, 0.717) is 16.9 Å². The van der Waals surface area contributed by atoms with Gasteiger partial charge in [-0.15, -0.1) is 0 Å². The minimum absolute atomic E-state index is 0.385. The first-order chi connectivity index (χ1) is 7.11. The largest absolute Gasteiger partial charge is 0.383 e. The van der Waals surface area contributed by atoms with Crippen LogP contribution in [0.1, 0.15) is 51.3 Å². The Bertz CT molecular complexity index is 320. The topological polar surface area (TPSA) is 43.8 Å². The summed E-state index contributed by atoms with van der Waals surface area (Å²) in [5, 5.41) is 5.00. The molecule has 0 amide bonds. The molecule has 0 aromatic carbocycles. The van der Waals surface area contributed by atoms with Gasteiger partial charge in [0.25, 0.3) is 0 Å². The van der Waals surface area contributed by atoms with Gasteiger partial charge in [0.15, 0.2) is 0 Å². The maximum Gasteiger partial charge on any atom is 0.141 e. The molecule has 0 aliphatic carbocycles. The van der Waals surface area contributed by atoms with E-state index in [2.05, 4.69) is 18.9 Å². The molecular weight excluding hydrogens is 210 g/mol.